The van der Waals surface area contributed by atoms with Crippen molar-refractivity contribution in [2.24, 2.45) is 5.92 Å². The van der Waals surface area contributed by atoms with Crippen molar-refractivity contribution in [3.05, 3.63) is 46.5 Å². The van der Waals surface area contributed by atoms with Crippen molar-refractivity contribution in [3.8, 4) is 0 Å². The number of nitrogens with zero attached hydrogens (tertiary/aromatic N) is 1. The lowest BCUT2D eigenvalue weighted by Crippen LogP contribution is -2.52. The molecule has 2 atom stereocenters. The Kier molecular flexibility index (Phi) is 7.51. The Bertz CT molecular complexity index is 890. The van der Waals surface area contributed by atoms with Crippen LogP contribution in [-0.2, 0) is 19.4 Å². The number of hydrogen-bond donors (Lipinski definition) is 1. The number of sulfone groups is 1. The lowest BCUT2D eigenvalue weighted by atomic mass is 9.88. The molecule has 0 saturated carbocycles. The number of piperidine rings is 1. The Balaban J connectivity index is 2.55. The molecular weight excluding hydrogens is 414 g/mol. The van der Waals surface area contributed by atoms with Crippen molar-refractivity contribution >= 4 is 33.3 Å². The van der Waals surface area contributed by atoms with E-state index in [0.29, 0.717) is 17.9 Å². The van der Waals surface area contributed by atoms with Gasteiger partial charge in [-0.1, -0.05) is 37.6 Å². The fourth-order valence-electron chi connectivity index (χ4n) is 3.55. The number of rotatable bonds is 7. The first-order valence-electron chi connectivity index (χ1n) is 9.67. The van der Waals surface area contributed by atoms with Gasteiger partial charge in [-0.3, -0.25) is 4.79 Å². The third-order valence-corrected chi connectivity index (χ3v) is 7.83. The summed E-state index contributed by atoms with van der Waals surface area (Å²) in [5, 5.41) is 9.14. The van der Waals surface area contributed by atoms with Crippen LogP contribution in [0.5, 0.6) is 0 Å². The van der Waals surface area contributed by atoms with Gasteiger partial charge in [-0.15, -0.1) is 0 Å². The van der Waals surface area contributed by atoms with Gasteiger partial charge >= 0.3 is 5.97 Å². The average molecular weight is 442 g/mol. The van der Waals surface area contributed by atoms with Gasteiger partial charge in [-0.25, -0.2) is 13.2 Å². The number of halogens is 1. The molecule has 8 heteroatoms. The Morgan fingerprint density at radius 1 is 1.24 bits per heavy atom. The van der Waals surface area contributed by atoms with Gasteiger partial charge in [0.2, 0.25) is 0 Å². The monoisotopic (exact) mass is 441 g/mol. The van der Waals surface area contributed by atoms with E-state index in [0.717, 1.165) is 11.6 Å². The first-order chi connectivity index (χ1) is 13.4. The van der Waals surface area contributed by atoms with Crippen molar-refractivity contribution in [1.29, 1.82) is 0 Å². The van der Waals surface area contributed by atoms with Gasteiger partial charge in [0.15, 0.2) is 9.84 Å². The number of carbonyl (C=O) groups is 2. The summed E-state index contributed by atoms with van der Waals surface area (Å²) < 4.78 is 25.4. The smallest absolute Gasteiger partial charge is 0.328 e. The molecule has 6 nitrogen and oxygen atoms in total. The normalized spacial score (nSPS) is 20.5. The van der Waals surface area contributed by atoms with E-state index in [9.17, 15) is 18.0 Å². The second-order valence-electron chi connectivity index (χ2n) is 8.02. The molecule has 0 radical (unpaired) electrons. The van der Waals surface area contributed by atoms with E-state index in [2.05, 4.69) is 0 Å². The number of aliphatic carboxylic acids is 1. The summed E-state index contributed by atoms with van der Waals surface area (Å²) in [6.45, 7) is 7.00. The van der Waals surface area contributed by atoms with Crippen LogP contribution in [-0.4, -0.2) is 47.3 Å². The maximum atomic E-state index is 13.3. The molecule has 1 aromatic carbocycles. The van der Waals surface area contributed by atoms with E-state index in [1.807, 2.05) is 26.0 Å². The average Bonchev–Trinajstić information content (AvgIpc) is 2.62. The quantitative estimate of drug-likeness (QED) is 0.648. The fraction of sp³-hybridized carbons (Fsp3) is 0.524. The summed E-state index contributed by atoms with van der Waals surface area (Å²) >= 11 is 6.00. The highest BCUT2D eigenvalue weighted by atomic mass is 35.5. The topological polar surface area (TPSA) is 91.8 Å². The summed E-state index contributed by atoms with van der Waals surface area (Å²) in [6.07, 6.45) is 1.76. The van der Waals surface area contributed by atoms with Crippen molar-refractivity contribution in [2.45, 2.75) is 57.9 Å². The minimum Gasteiger partial charge on any atom is -0.478 e. The zero-order valence-corrected chi connectivity index (χ0v) is 18.7. The van der Waals surface area contributed by atoms with E-state index in [-0.39, 0.29) is 23.3 Å². The molecule has 1 aliphatic heterocycles. The summed E-state index contributed by atoms with van der Waals surface area (Å²) in [4.78, 5) is 26.0. The molecule has 1 amide bonds. The van der Waals surface area contributed by atoms with Crippen LogP contribution in [0, 0.1) is 5.92 Å². The van der Waals surface area contributed by atoms with Crippen LogP contribution < -0.4 is 0 Å². The summed E-state index contributed by atoms with van der Waals surface area (Å²) in [7, 11) is -3.42. The number of carbonyl (C=O) groups excluding carboxylic acids is 1. The number of hydrogen-bond acceptors (Lipinski definition) is 4. The Hall–Kier alpha value is -1.86. The summed E-state index contributed by atoms with van der Waals surface area (Å²) in [5.41, 5.74) is 1.04. The van der Waals surface area contributed by atoms with Crippen molar-refractivity contribution < 1.29 is 23.1 Å². The Morgan fingerprint density at radius 3 is 2.31 bits per heavy atom. The molecule has 1 aromatic rings. The van der Waals surface area contributed by atoms with E-state index in [1.54, 1.807) is 30.9 Å². The molecule has 1 heterocycles. The first-order valence-corrected chi connectivity index (χ1v) is 11.8. The molecule has 1 aliphatic rings. The van der Waals surface area contributed by atoms with Crippen LogP contribution in [0.3, 0.4) is 0 Å². The van der Waals surface area contributed by atoms with Crippen LogP contribution in [0.15, 0.2) is 35.9 Å². The largest absolute Gasteiger partial charge is 0.478 e. The zero-order chi connectivity index (χ0) is 21.9. The van der Waals surface area contributed by atoms with Crippen LogP contribution in [0.2, 0.25) is 5.02 Å². The summed E-state index contributed by atoms with van der Waals surface area (Å²) in [6, 6.07) is 6.20. The van der Waals surface area contributed by atoms with Gasteiger partial charge < -0.3 is 10.0 Å². The second kappa shape index (κ2) is 9.30. The molecule has 1 fully saturated rings. The van der Waals surface area contributed by atoms with Gasteiger partial charge in [0.25, 0.3) is 5.91 Å². The lowest BCUT2D eigenvalue weighted by Gasteiger charge is -2.44. The van der Waals surface area contributed by atoms with Crippen molar-refractivity contribution in [2.75, 3.05) is 5.75 Å². The highest BCUT2D eigenvalue weighted by molar-refractivity contribution is 7.92. The SMILES string of the molecule is CC(C)[C@@H](CS(=O)(=O)C(C)C)N1C(=O)/C(=C/C(=O)O)CCC1c1ccc(Cl)cc1. The van der Waals surface area contributed by atoms with Crippen LogP contribution in [0.25, 0.3) is 0 Å². The number of likely N-dealkylation sites (tertiary alicyclic amines) is 1. The van der Waals surface area contributed by atoms with E-state index in [1.165, 1.54) is 0 Å². The number of benzene rings is 1. The lowest BCUT2D eigenvalue weighted by molar-refractivity contribution is -0.137. The van der Waals surface area contributed by atoms with E-state index < -0.39 is 33.0 Å². The molecule has 0 aromatic heterocycles. The molecular formula is C21H28ClNO5S. The molecule has 1 saturated heterocycles. The van der Waals surface area contributed by atoms with Crippen molar-refractivity contribution in [3.63, 3.8) is 0 Å². The fourth-order valence-corrected chi connectivity index (χ4v) is 5.08. The predicted molar refractivity (Wildman–Crippen MR) is 114 cm³/mol. The minimum atomic E-state index is -3.42. The Labute approximate surface area is 177 Å². The minimum absolute atomic E-state index is 0.133. The zero-order valence-electron chi connectivity index (χ0n) is 17.1. The molecule has 0 aliphatic carbocycles. The third-order valence-electron chi connectivity index (χ3n) is 5.33. The van der Waals surface area contributed by atoms with Gasteiger partial charge in [0.1, 0.15) is 0 Å². The predicted octanol–water partition coefficient (Wildman–Crippen LogP) is 3.86. The van der Waals surface area contributed by atoms with E-state index in [4.69, 9.17) is 16.7 Å². The summed E-state index contributed by atoms with van der Waals surface area (Å²) in [5.74, 6) is -1.91. The first kappa shape index (κ1) is 23.4. The van der Waals surface area contributed by atoms with E-state index >= 15 is 0 Å². The number of amides is 1. The molecule has 160 valence electrons. The maximum absolute atomic E-state index is 13.3. The van der Waals surface area contributed by atoms with Crippen LogP contribution in [0.1, 0.15) is 52.1 Å². The standard InChI is InChI=1S/C21H28ClNO5S/c1-13(2)19(12-29(27,28)14(3)4)23-18(15-5-8-17(22)9-6-15)10-7-16(21(23)26)11-20(24)25/h5-6,8-9,11,13-14,18-19H,7,10,12H2,1-4H3,(H,24,25)/b16-11+/t18?,19-/m1/s1. The van der Waals surface area contributed by atoms with Gasteiger partial charge in [0.05, 0.1) is 17.0 Å². The third kappa shape index (κ3) is 5.60. The van der Waals surface area contributed by atoms with Gasteiger partial charge in [0, 0.05) is 22.7 Å². The molecule has 0 spiro atoms. The molecule has 1 unspecified atom stereocenters. The van der Waals surface area contributed by atoms with Gasteiger partial charge in [-0.05, 0) is 50.3 Å². The second-order valence-corrected chi connectivity index (χ2v) is 11.1. The highest BCUT2D eigenvalue weighted by Crippen LogP contribution is 2.38. The maximum Gasteiger partial charge on any atom is 0.328 e. The molecule has 2 rings (SSSR count). The van der Waals surface area contributed by atoms with Crippen LogP contribution in [0.4, 0.5) is 0 Å². The Morgan fingerprint density at radius 2 is 1.83 bits per heavy atom. The van der Waals surface area contributed by atoms with Crippen molar-refractivity contribution in [1.82, 2.24) is 4.90 Å². The van der Waals surface area contributed by atoms with Gasteiger partial charge in [-0.2, -0.15) is 0 Å². The van der Waals surface area contributed by atoms with Crippen LogP contribution >= 0.6 is 11.6 Å². The molecule has 1 N–H and O–H groups in total. The number of carboxylic acids is 1. The highest BCUT2D eigenvalue weighted by Gasteiger charge is 2.40. The molecule has 0 bridgehead atoms. The number of carboxylic acid groups (broad SMARTS) is 1. The molecule has 29 heavy (non-hydrogen) atoms.